The first kappa shape index (κ1) is 18.0. The van der Waals surface area contributed by atoms with Gasteiger partial charge in [0.2, 0.25) is 0 Å². The number of carbonyl (C=O) groups excluding carboxylic acids is 2. The Hall–Kier alpha value is -2.76. The van der Waals surface area contributed by atoms with Crippen molar-refractivity contribution in [3.8, 4) is 16.9 Å². The van der Waals surface area contributed by atoms with E-state index in [9.17, 15) is 9.59 Å². The van der Waals surface area contributed by atoms with Gasteiger partial charge in [-0.05, 0) is 32.3 Å². The number of nitrogens with zero attached hydrogens (tertiary/aromatic N) is 1. The summed E-state index contributed by atoms with van der Waals surface area (Å²) in [5, 5.41) is 0. The fourth-order valence-corrected chi connectivity index (χ4v) is 3.61. The van der Waals surface area contributed by atoms with E-state index in [0.717, 1.165) is 35.4 Å². The van der Waals surface area contributed by atoms with Crippen LogP contribution in [-0.2, 0) is 16.0 Å². The predicted octanol–water partition coefficient (Wildman–Crippen LogP) is 3.01. The third-order valence-corrected chi connectivity index (χ3v) is 4.88. The third-order valence-electron chi connectivity index (χ3n) is 4.88. The van der Waals surface area contributed by atoms with Crippen LogP contribution in [0.4, 0.5) is 0 Å². The van der Waals surface area contributed by atoms with E-state index < -0.39 is 5.91 Å². The van der Waals surface area contributed by atoms with Crippen molar-refractivity contribution in [3.63, 3.8) is 0 Å². The molecule has 1 aliphatic rings. The molecule has 0 atom stereocenters. The molecule has 1 aliphatic carbocycles. The van der Waals surface area contributed by atoms with Gasteiger partial charge in [0.1, 0.15) is 5.75 Å². The zero-order chi connectivity index (χ0) is 18.8. The molecule has 1 fully saturated rings. The Bertz CT molecular complexity index is 850. The van der Waals surface area contributed by atoms with Crippen LogP contribution in [0, 0.1) is 6.92 Å². The van der Waals surface area contributed by atoms with Crippen LogP contribution < -0.4 is 10.5 Å². The lowest BCUT2D eigenvalue weighted by atomic mass is 9.97. The molecule has 0 bridgehead atoms. The highest BCUT2D eigenvalue weighted by Gasteiger charge is 2.33. The molecular formula is C20H24N2O4. The van der Waals surface area contributed by atoms with Gasteiger partial charge in [0, 0.05) is 28.6 Å². The van der Waals surface area contributed by atoms with Crippen molar-refractivity contribution in [3.05, 3.63) is 41.2 Å². The van der Waals surface area contributed by atoms with Crippen LogP contribution >= 0.6 is 0 Å². The SMILES string of the molecule is COC(=O)CCc1c(-c2ccccc2OC)c(C(N)=O)c(C)n1C1CC1. The molecule has 0 spiro atoms. The molecule has 0 aliphatic heterocycles. The lowest BCUT2D eigenvalue weighted by molar-refractivity contribution is -0.140. The van der Waals surface area contributed by atoms with Crippen molar-refractivity contribution in [1.82, 2.24) is 4.57 Å². The summed E-state index contributed by atoms with van der Waals surface area (Å²) in [5.41, 5.74) is 9.61. The molecule has 0 saturated heterocycles. The number of carbonyl (C=O) groups is 2. The zero-order valence-corrected chi connectivity index (χ0v) is 15.4. The Morgan fingerprint density at radius 3 is 2.50 bits per heavy atom. The molecule has 2 aromatic rings. The van der Waals surface area contributed by atoms with E-state index in [2.05, 4.69) is 4.57 Å². The minimum atomic E-state index is -0.470. The lowest BCUT2D eigenvalue weighted by Gasteiger charge is -2.14. The van der Waals surface area contributed by atoms with Gasteiger partial charge in [0.25, 0.3) is 5.91 Å². The van der Waals surface area contributed by atoms with Crippen LogP contribution in [-0.4, -0.2) is 30.7 Å². The monoisotopic (exact) mass is 356 g/mol. The van der Waals surface area contributed by atoms with E-state index in [4.69, 9.17) is 15.2 Å². The number of para-hydroxylation sites is 1. The van der Waals surface area contributed by atoms with Gasteiger partial charge in [-0.2, -0.15) is 0 Å². The van der Waals surface area contributed by atoms with E-state index in [1.54, 1.807) is 7.11 Å². The fourth-order valence-electron chi connectivity index (χ4n) is 3.61. The van der Waals surface area contributed by atoms with Crippen molar-refractivity contribution in [2.24, 2.45) is 5.73 Å². The number of aromatic nitrogens is 1. The topological polar surface area (TPSA) is 83.6 Å². The third kappa shape index (κ3) is 3.19. The first-order valence-electron chi connectivity index (χ1n) is 8.73. The Labute approximate surface area is 152 Å². The highest BCUT2D eigenvalue weighted by atomic mass is 16.5. The van der Waals surface area contributed by atoms with Gasteiger partial charge in [0.15, 0.2) is 0 Å². The molecule has 1 saturated carbocycles. The van der Waals surface area contributed by atoms with Crippen molar-refractivity contribution < 1.29 is 19.1 Å². The molecule has 1 amide bonds. The van der Waals surface area contributed by atoms with Crippen LogP contribution in [0.1, 0.15) is 47.1 Å². The highest BCUT2D eigenvalue weighted by molar-refractivity contribution is 6.03. The van der Waals surface area contributed by atoms with E-state index in [-0.39, 0.29) is 12.4 Å². The molecule has 1 aromatic heterocycles. The second-order valence-corrected chi connectivity index (χ2v) is 6.52. The van der Waals surface area contributed by atoms with Crippen LogP contribution in [0.2, 0.25) is 0 Å². The lowest BCUT2D eigenvalue weighted by Crippen LogP contribution is -2.13. The van der Waals surface area contributed by atoms with Gasteiger partial charge in [-0.3, -0.25) is 9.59 Å². The smallest absolute Gasteiger partial charge is 0.305 e. The maximum atomic E-state index is 12.3. The van der Waals surface area contributed by atoms with Crippen molar-refractivity contribution in [1.29, 1.82) is 0 Å². The molecule has 1 aromatic carbocycles. The van der Waals surface area contributed by atoms with Gasteiger partial charge in [-0.15, -0.1) is 0 Å². The van der Waals surface area contributed by atoms with Gasteiger partial charge in [-0.25, -0.2) is 0 Å². The van der Waals surface area contributed by atoms with E-state index in [1.165, 1.54) is 7.11 Å². The number of primary amides is 1. The van der Waals surface area contributed by atoms with Crippen LogP contribution in [0.15, 0.2) is 24.3 Å². The summed E-state index contributed by atoms with van der Waals surface area (Å²) in [6.45, 7) is 1.92. The number of amides is 1. The average Bonchev–Trinajstić information content (AvgIpc) is 3.42. The average molecular weight is 356 g/mol. The molecule has 0 unspecified atom stereocenters. The van der Waals surface area contributed by atoms with Crippen molar-refractivity contribution in [2.75, 3.05) is 14.2 Å². The number of hydrogen-bond acceptors (Lipinski definition) is 4. The van der Waals surface area contributed by atoms with Gasteiger partial charge < -0.3 is 19.8 Å². The molecule has 6 heteroatoms. The number of benzene rings is 1. The summed E-state index contributed by atoms with van der Waals surface area (Å²) in [7, 11) is 2.98. The van der Waals surface area contributed by atoms with Crippen LogP contribution in [0.3, 0.4) is 0 Å². The van der Waals surface area contributed by atoms with Gasteiger partial charge >= 0.3 is 5.97 Å². The molecule has 3 rings (SSSR count). The largest absolute Gasteiger partial charge is 0.496 e. The molecule has 0 radical (unpaired) electrons. The van der Waals surface area contributed by atoms with Gasteiger partial charge in [-0.1, -0.05) is 18.2 Å². The number of methoxy groups -OCH3 is 2. The molecule has 26 heavy (non-hydrogen) atoms. The minimum Gasteiger partial charge on any atom is -0.496 e. The summed E-state index contributed by atoms with van der Waals surface area (Å²) < 4.78 is 12.5. The quantitative estimate of drug-likeness (QED) is 0.773. The number of ether oxygens (including phenoxy) is 2. The minimum absolute atomic E-state index is 0.243. The molecule has 6 nitrogen and oxygen atoms in total. The maximum Gasteiger partial charge on any atom is 0.305 e. The fraction of sp³-hybridized carbons (Fsp3) is 0.400. The summed E-state index contributed by atoms with van der Waals surface area (Å²) in [6, 6.07) is 7.90. The molecule has 2 N–H and O–H groups in total. The Kier molecular flexibility index (Phi) is 5.02. The maximum absolute atomic E-state index is 12.3. The first-order chi connectivity index (χ1) is 12.5. The standard InChI is InChI=1S/C20H24N2O4/c1-12-18(20(21)24)19(14-6-4-5-7-16(14)25-2)15(10-11-17(23)26-3)22(12)13-8-9-13/h4-7,13H,8-11H2,1-3H3,(H2,21,24). The van der Waals surface area contributed by atoms with Gasteiger partial charge in [0.05, 0.1) is 26.2 Å². The Morgan fingerprint density at radius 2 is 1.92 bits per heavy atom. The Morgan fingerprint density at radius 1 is 1.23 bits per heavy atom. The molecule has 1 heterocycles. The zero-order valence-electron chi connectivity index (χ0n) is 15.4. The van der Waals surface area contributed by atoms with Crippen LogP contribution in [0.25, 0.3) is 11.1 Å². The normalized spacial score (nSPS) is 13.5. The Balaban J connectivity index is 2.24. The second-order valence-electron chi connectivity index (χ2n) is 6.52. The molecule has 138 valence electrons. The van der Waals surface area contributed by atoms with Crippen molar-refractivity contribution >= 4 is 11.9 Å². The summed E-state index contributed by atoms with van der Waals surface area (Å²) in [4.78, 5) is 24.0. The van der Waals surface area contributed by atoms with Crippen LogP contribution in [0.5, 0.6) is 5.75 Å². The summed E-state index contributed by atoms with van der Waals surface area (Å²) in [6.07, 6.45) is 2.84. The van der Waals surface area contributed by atoms with Crippen molar-refractivity contribution in [2.45, 2.75) is 38.6 Å². The van der Waals surface area contributed by atoms with E-state index in [0.29, 0.717) is 23.8 Å². The first-order valence-corrected chi connectivity index (χ1v) is 8.73. The number of rotatable bonds is 7. The molecular weight excluding hydrogens is 332 g/mol. The summed E-state index contributed by atoms with van der Waals surface area (Å²) in [5.74, 6) is -0.0813. The highest BCUT2D eigenvalue weighted by Crippen LogP contribution is 2.45. The predicted molar refractivity (Wildman–Crippen MR) is 98.3 cm³/mol. The van der Waals surface area contributed by atoms with E-state index in [1.807, 2.05) is 31.2 Å². The number of nitrogens with two attached hydrogens (primary N) is 1. The summed E-state index contributed by atoms with van der Waals surface area (Å²) >= 11 is 0. The second kappa shape index (κ2) is 7.23. The number of esters is 1. The number of hydrogen-bond donors (Lipinski definition) is 1. The van der Waals surface area contributed by atoms with E-state index >= 15 is 0 Å².